The number of nitrogens with one attached hydrogen (secondary N) is 1. The van der Waals surface area contributed by atoms with Crippen molar-refractivity contribution in [2.24, 2.45) is 5.92 Å². The van der Waals surface area contributed by atoms with Crippen LogP contribution in [0.25, 0.3) is 0 Å². The Morgan fingerprint density at radius 3 is 2.59 bits per heavy atom. The zero-order valence-electron chi connectivity index (χ0n) is 16.5. The van der Waals surface area contributed by atoms with Crippen molar-refractivity contribution < 1.29 is 13.2 Å². The number of ether oxygens (including phenoxy) is 1. The fourth-order valence-electron chi connectivity index (χ4n) is 4.77. The van der Waals surface area contributed by atoms with Crippen LogP contribution in [0.15, 0.2) is 59.5 Å². The van der Waals surface area contributed by atoms with Crippen molar-refractivity contribution >= 4 is 15.7 Å². The second-order valence-electron chi connectivity index (χ2n) is 8.15. The average Bonchev–Trinajstić information content (AvgIpc) is 3.24. The molecule has 3 aliphatic rings. The first-order valence-corrected chi connectivity index (χ1v) is 11.7. The lowest BCUT2D eigenvalue weighted by atomic mass is 9.77. The van der Waals surface area contributed by atoms with Crippen molar-refractivity contribution in [3.05, 3.63) is 71.3 Å². The highest BCUT2D eigenvalue weighted by atomic mass is 32.2. The van der Waals surface area contributed by atoms with Crippen molar-refractivity contribution in [1.29, 1.82) is 0 Å². The fourth-order valence-corrected chi connectivity index (χ4v) is 6.22. The van der Waals surface area contributed by atoms with E-state index in [1.807, 2.05) is 12.1 Å². The maximum Gasteiger partial charge on any atom is 0.243 e. The van der Waals surface area contributed by atoms with Gasteiger partial charge in [0.25, 0.3) is 0 Å². The van der Waals surface area contributed by atoms with Crippen molar-refractivity contribution in [3.63, 3.8) is 0 Å². The van der Waals surface area contributed by atoms with Crippen molar-refractivity contribution in [3.8, 4) is 0 Å². The molecular weight excluding hydrogens is 384 g/mol. The van der Waals surface area contributed by atoms with Crippen LogP contribution in [0.2, 0.25) is 0 Å². The Balaban J connectivity index is 1.51. The molecule has 5 rings (SSSR count). The minimum Gasteiger partial charge on any atom is -0.379 e. The maximum atomic E-state index is 13.1. The third-order valence-electron chi connectivity index (χ3n) is 6.38. The first-order chi connectivity index (χ1) is 14.0. The van der Waals surface area contributed by atoms with E-state index in [2.05, 4.69) is 48.7 Å². The molecule has 5 nitrogen and oxygen atoms in total. The van der Waals surface area contributed by atoms with E-state index in [-0.39, 0.29) is 12.0 Å². The molecule has 6 heteroatoms. The van der Waals surface area contributed by atoms with Crippen LogP contribution in [0.1, 0.15) is 35.1 Å². The van der Waals surface area contributed by atoms with E-state index in [0.29, 0.717) is 37.1 Å². The molecule has 152 valence electrons. The molecule has 29 heavy (non-hydrogen) atoms. The number of hydrogen-bond donors (Lipinski definition) is 1. The molecule has 2 aromatic carbocycles. The molecular formula is C23H26N2O3S. The lowest BCUT2D eigenvalue weighted by Crippen LogP contribution is -2.40. The zero-order valence-corrected chi connectivity index (χ0v) is 17.4. The van der Waals surface area contributed by atoms with Crippen LogP contribution in [-0.2, 0) is 14.8 Å². The molecule has 0 bridgehead atoms. The van der Waals surface area contributed by atoms with Gasteiger partial charge in [0, 0.05) is 24.7 Å². The Bertz CT molecular complexity index is 1040. The van der Waals surface area contributed by atoms with Gasteiger partial charge in [0.1, 0.15) is 0 Å². The van der Waals surface area contributed by atoms with E-state index >= 15 is 0 Å². The van der Waals surface area contributed by atoms with E-state index < -0.39 is 10.0 Å². The number of aryl methyl sites for hydroxylation is 1. The van der Waals surface area contributed by atoms with Crippen LogP contribution >= 0.6 is 0 Å². The van der Waals surface area contributed by atoms with Gasteiger partial charge in [-0.15, -0.1) is 0 Å². The summed E-state index contributed by atoms with van der Waals surface area (Å²) in [7, 11) is -3.49. The van der Waals surface area contributed by atoms with Crippen molar-refractivity contribution in [2.75, 3.05) is 31.6 Å². The summed E-state index contributed by atoms with van der Waals surface area (Å²) in [6, 6.07) is 14.5. The number of sulfonamides is 1. The van der Waals surface area contributed by atoms with Gasteiger partial charge in [-0.3, -0.25) is 0 Å². The monoisotopic (exact) mass is 410 g/mol. The standard InChI is InChI=1S/C23H26N2O3S/c1-16-5-7-17(8-6-16)23-20-4-2-3-19(20)21-15-18(9-10-22(21)24-23)29(26,27)25-11-13-28-14-12-25/h2-3,5-10,15,19-20,23-24H,4,11-14H2,1H3. The maximum absolute atomic E-state index is 13.1. The fraction of sp³-hybridized carbons (Fsp3) is 0.391. The van der Waals surface area contributed by atoms with Crippen LogP contribution in [-0.4, -0.2) is 39.0 Å². The zero-order chi connectivity index (χ0) is 20.0. The minimum absolute atomic E-state index is 0.227. The summed E-state index contributed by atoms with van der Waals surface area (Å²) < 4.78 is 33.1. The number of benzene rings is 2. The van der Waals surface area contributed by atoms with Gasteiger partial charge in [-0.1, -0.05) is 42.0 Å². The number of morpholine rings is 1. The first kappa shape index (κ1) is 18.9. The molecule has 1 saturated heterocycles. The highest BCUT2D eigenvalue weighted by Gasteiger charge is 2.39. The smallest absolute Gasteiger partial charge is 0.243 e. The van der Waals surface area contributed by atoms with E-state index in [1.165, 1.54) is 15.4 Å². The number of fused-ring (bicyclic) bond motifs is 3. The van der Waals surface area contributed by atoms with Gasteiger partial charge in [0.05, 0.1) is 24.2 Å². The summed E-state index contributed by atoms with van der Waals surface area (Å²) in [6.45, 7) is 3.84. The van der Waals surface area contributed by atoms with Crippen LogP contribution in [0, 0.1) is 12.8 Å². The SMILES string of the molecule is Cc1ccc(C2Nc3ccc(S(=O)(=O)N4CCOCC4)cc3C3C=CCC32)cc1. The molecule has 0 saturated carbocycles. The number of rotatable bonds is 3. The molecule has 2 aromatic rings. The average molecular weight is 411 g/mol. The van der Waals surface area contributed by atoms with Gasteiger partial charge in [0.15, 0.2) is 0 Å². The Labute approximate surface area is 172 Å². The highest BCUT2D eigenvalue weighted by molar-refractivity contribution is 7.89. The second kappa shape index (κ2) is 7.27. The molecule has 0 amide bonds. The summed E-state index contributed by atoms with van der Waals surface area (Å²) in [5, 5.41) is 3.69. The largest absolute Gasteiger partial charge is 0.379 e. The Kier molecular flexibility index (Phi) is 4.73. The summed E-state index contributed by atoms with van der Waals surface area (Å²) in [5.74, 6) is 0.629. The van der Waals surface area contributed by atoms with E-state index in [1.54, 1.807) is 6.07 Å². The quantitative estimate of drug-likeness (QED) is 0.781. The normalized spacial score (nSPS) is 26.6. The van der Waals surface area contributed by atoms with Gasteiger partial charge in [0.2, 0.25) is 10.0 Å². The van der Waals surface area contributed by atoms with Gasteiger partial charge >= 0.3 is 0 Å². The summed E-state index contributed by atoms with van der Waals surface area (Å²) >= 11 is 0. The third-order valence-corrected chi connectivity index (χ3v) is 8.27. The predicted molar refractivity (Wildman–Crippen MR) is 114 cm³/mol. The molecule has 1 fully saturated rings. The molecule has 2 aliphatic heterocycles. The van der Waals surface area contributed by atoms with Gasteiger partial charge in [-0.05, 0) is 48.6 Å². The molecule has 1 N–H and O–H groups in total. The molecule has 3 atom stereocenters. The topological polar surface area (TPSA) is 58.6 Å². The van der Waals surface area contributed by atoms with Crippen LogP contribution in [0.3, 0.4) is 0 Å². The second-order valence-corrected chi connectivity index (χ2v) is 10.1. The van der Waals surface area contributed by atoms with Gasteiger partial charge in [-0.2, -0.15) is 4.31 Å². The van der Waals surface area contributed by atoms with E-state index in [4.69, 9.17) is 4.74 Å². The highest BCUT2D eigenvalue weighted by Crippen LogP contribution is 2.50. The summed E-state index contributed by atoms with van der Waals surface area (Å²) in [6.07, 6.45) is 5.48. The molecule has 0 aromatic heterocycles. The van der Waals surface area contributed by atoms with Crippen LogP contribution in [0.5, 0.6) is 0 Å². The number of allylic oxidation sites excluding steroid dienone is 2. The number of anilines is 1. The van der Waals surface area contributed by atoms with Gasteiger partial charge < -0.3 is 10.1 Å². The number of hydrogen-bond acceptors (Lipinski definition) is 4. The van der Waals surface area contributed by atoms with E-state index in [9.17, 15) is 8.42 Å². The lowest BCUT2D eigenvalue weighted by molar-refractivity contribution is 0.0730. The molecule has 1 aliphatic carbocycles. The van der Waals surface area contributed by atoms with Crippen molar-refractivity contribution in [1.82, 2.24) is 4.31 Å². The minimum atomic E-state index is -3.49. The first-order valence-electron chi connectivity index (χ1n) is 10.3. The molecule has 2 heterocycles. The van der Waals surface area contributed by atoms with Crippen LogP contribution in [0.4, 0.5) is 5.69 Å². The van der Waals surface area contributed by atoms with E-state index in [0.717, 1.165) is 17.7 Å². The Morgan fingerprint density at radius 1 is 1.07 bits per heavy atom. The third kappa shape index (κ3) is 3.29. The summed E-state index contributed by atoms with van der Waals surface area (Å²) in [4.78, 5) is 0.382. The predicted octanol–water partition coefficient (Wildman–Crippen LogP) is 3.84. The van der Waals surface area contributed by atoms with Crippen molar-refractivity contribution in [2.45, 2.75) is 30.2 Å². The Morgan fingerprint density at radius 2 is 1.83 bits per heavy atom. The van der Waals surface area contributed by atoms with Gasteiger partial charge in [-0.25, -0.2) is 8.42 Å². The Hall–Kier alpha value is -2.15. The lowest BCUT2D eigenvalue weighted by Gasteiger charge is -2.38. The molecule has 0 radical (unpaired) electrons. The molecule has 3 unspecified atom stereocenters. The summed E-state index contributed by atoms with van der Waals surface area (Å²) in [5.41, 5.74) is 4.65. The van der Waals surface area contributed by atoms with Crippen LogP contribution < -0.4 is 5.32 Å². The number of nitrogens with zero attached hydrogens (tertiary/aromatic N) is 1. The molecule has 0 spiro atoms.